The third-order valence-electron chi connectivity index (χ3n) is 4.60. The summed E-state index contributed by atoms with van der Waals surface area (Å²) in [6.07, 6.45) is 24.2. The Morgan fingerprint density at radius 3 is 2.85 bits per heavy atom. The summed E-state index contributed by atoms with van der Waals surface area (Å²) in [5.41, 5.74) is 2.15. The van der Waals surface area contributed by atoms with Crippen LogP contribution < -0.4 is 0 Å². The zero-order valence-corrected chi connectivity index (χ0v) is 13.8. The van der Waals surface area contributed by atoms with Crippen molar-refractivity contribution in [2.24, 2.45) is 4.99 Å². The van der Waals surface area contributed by atoms with Crippen LogP contribution in [0.15, 0.2) is 41.1 Å². The van der Waals surface area contributed by atoms with Gasteiger partial charge in [0.25, 0.3) is 0 Å². The molecule has 0 radical (unpaired) electrons. The molecule has 2 aliphatic carbocycles. The molecule has 3 aliphatic rings. The standard InChI is InChI=1S/C17H26N2Si/c1-3-9-15(10-4-1)19(16-11-5-2-6-12-16)20-17-13-7-8-14-18-17/h1,3,7,11,13-15,17H,2,4-6,8-10,12,20H2. The highest BCUT2D eigenvalue weighted by molar-refractivity contribution is 6.36. The lowest BCUT2D eigenvalue weighted by molar-refractivity contribution is 0.345. The van der Waals surface area contributed by atoms with Crippen molar-refractivity contribution in [2.75, 3.05) is 0 Å². The van der Waals surface area contributed by atoms with Crippen molar-refractivity contribution in [1.82, 2.24) is 4.57 Å². The summed E-state index contributed by atoms with van der Waals surface area (Å²) in [6.45, 7) is 0. The van der Waals surface area contributed by atoms with Crippen LogP contribution in [0.5, 0.6) is 0 Å². The van der Waals surface area contributed by atoms with E-state index in [-0.39, 0.29) is 9.68 Å². The quantitative estimate of drug-likeness (QED) is 0.572. The minimum atomic E-state index is -0.364. The Kier molecular flexibility index (Phi) is 4.90. The molecule has 0 bridgehead atoms. The number of allylic oxidation sites excluding steroid dienone is 4. The van der Waals surface area contributed by atoms with Gasteiger partial charge in [-0.1, -0.05) is 30.4 Å². The molecule has 3 rings (SSSR count). The molecule has 1 aliphatic heterocycles. The highest BCUT2D eigenvalue weighted by Gasteiger charge is 2.24. The van der Waals surface area contributed by atoms with Crippen LogP contribution in [0, 0.1) is 0 Å². The minimum Gasteiger partial charge on any atom is -0.401 e. The molecule has 0 aromatic heterocycles. The van der Waals surface area contributed by atoms with E-state index in [1.807, 2.05) is 0 Å². The maximum Gasteiger partial charge on any atom is 0.154 e. The van der Waals surface area contributed by atoms with Gasteiger partial charge in [-0.25, -0.2) is 0 Å². The van der Waals surface area contributed by atoms with E-state index in [1.165, 1.54) is 44.9 Å². The maximum atomic E-state index is 4.72. The van der Waals surface area contributed by atoms with Gasteiger partial charge in [0.2, 0.25) is 0 Å². The van der Waals surface area contributed by atoms with E-state index in [9.17, 15) is 0 Å². The smallest absolute Gasteiger partial charge is 0.154 e. The molecule has 3 heteroatoms. The number of rotatable bonds is 4. The summed E-state index contributed by atoms with van der Waals surface area (Å²) in [5.74, 6) is 0. The number of dihydropyridines is 1. The summed E-state index contributed by atoms with van der Waals surface area (Å²) in [5, 5.41) is 0. The van der Waals surface area contributed by atoms with E-state index in [0.29, 0.717) is 5.67 Å². The molecular weight excluding hydrogens is 260 g/mol. The van der Waals surface area contributed by atoms with Crippen LogP contribution in [0.25, 0.3) is 0 Å². The van der Waals surface area contributed by atoms with E-state index < -0.39 is 0 Å². The van der Waals surface area contributed by atoms with Gasteiger partial charge in [0.1, 0.15) is 0 Å². The Morgan fingerprint density at radius 2 is 2.15 bits per heavy atom. The van der Waals surface area contributed by atoms with Gasteiger partial charge in [0.15, 0.2) is 9.68 Å². The van der Waals surface area contributed by atoms with E-state index in [4.69, 9.17) is 4.99 Å². The fourth-order valence-electron chi connectivity index (χ4n) is 3.50. The van der Waals surface area contributed by atoms with Crippen LogP contribution in [-0.4, -0.2) is 32.2 Å². The van der Waals surface area contributed by atoms with Crippen LogP contribution in [-0.2, 0) is 0 Å². The van der Waals surface area contributed by atoms with Crippen LogP contribution in [0.4, 0.5) is 0 Å². The maximum absolute atomic E-state index is 4.72. The number of nitrogens with zero attached hydrogens (tertiary/aromatic N) is 2. The highest BCUT2D eigenvalue weighted by Crippen LogP contribution is 2.27. The molecule has 0 spiro atoms. The van der Waals surface area contributed by atoms with Gasteiger partial charge in [-0.3, -0.25) is 4.99 Å². The second kappa shape index (κ2) is 7.07. The number of hydrogen-bond acceptors (Lipinski definition) is 2. The first kappa shape index (κ1) is 13.9. The molecule has 0 aromatic carbocycles. The first-order chi connectivity index (χ1) is 9.93. The zero-order chi connectivity index (χ0) is 13.6. The first-order valence-electron chi connectivity index (χ1n) is 8.22. The molecule has 20 heavy (non-hydrogen) atoms. The molecule has 0 amide bonds. The Bertz CT molecular complexity index is 424. The van der Waals surface area contributed by atoms with Gasteiger partial charge in [0, 0.05) is 24.4 Å². The molecule has 2 nitrogen and oxygen atoms in total. The van der Waals surface area contributed by atoms with E-state index in [2.05, 4.69) is 41.2 Å². The van der Waals surface area contributed by atoms with Crippen molar-refractivity contribution >= 4 is 15.9 Å². The van der Waals surface area contributed by atoms with Gasteiger partial charge in [-0.15, -0.1) is 0 Å². The third kappa shape index (κ3) is 3.51. The van der Waals surface area contributed by atoms with Gasteiger partial charge in [-0.05, 0) is 44.9 Å². The van der Waals surface area contributed by atoms with Crippen molar-refractivity contribution in [3.05, 3.63) is 36.1 Å². The van der Waals surface area contributed by atoms with Crippen LogP contribution >= 0.6 is 0 Å². The molecule has 1 heterocycles. The third-order valence-corrected chi connectivity index (χ3v) is 6.77. The lowest BCUT2D eigenvalue weighted by Gasteiger charge is -2.39. The lowest BCUT2D eigenvalue weighted by Crippen LogP contribution is -2.43. The van der Waals surface area contributed by atoms with Crippen molar-refractivity contribution in [2.45, 2.75) is 63.1 Å². The molecular formula is C17H26N2Si. The SMILES string of the molecule is C1=CC([SiH2]N(C2=CCCCC2)C2CC=CCC2)N=CC1. The summed E-state index contributed by atoms with van der Waals surface area (Å²) in [6, 6.07) is 0.751. The van der Waals surface area contributed by atoms with E-state index >= 15 is 0 Å². The highest BCUT2D eigenvalue weighted by atomic mass is 28.2. The molecule has 0 saturated carbocycles. The fourth-order valence-corrected chi connectivity index (χ4v) is 5.61. The zero-order valence-electron chi connectivity index (χ0n) is 12.4. The van der Waals surface area contributed by atoms with Gasteiger partial charge in [-0.2, -0.15) is 0 Å². The summed E-state index contributed by atoms with van der Waals surface area (Å²) < 4.78 is 2.82. The van der Waals surface area contributed by atoms with Crippen LogP contribution in [0.2, 0.25) is 0 Å². The molecule has 0 N–H and O–H groups in total. The van der Waals surface area contributed by atoms with Crippen molar-refractivity contribution in [3.63, 3.8) is 0 Å². The Hall–Kier alpha value is -1.09. The Balaban J connectivity index is 1.73. The van der Waals surface area contributed by atoms with Crippen molar-refractivity contribution in [3.8, 4) is 0 Å². The lowest BCUT2D eigenvalue weighted by atomic mass is 9.99. The second-order valence-electron chi connectivity index (χ2n) is 6.09. The largest absolute Gasteiger partial charge is 0.401 e. The van der Waals surface area contributed by atoms with Gasteiger partial charge in [0.05, 0.1) is 5.67 Å². The van der Waals surface area contributed by atoms with Gasteiger partial charge >= 0.3 is 0 Å². The second-order valence-corrected chi connectivity index (χ2v) is 7.98. The first-order valence-corrected chi connectivity index (χ1v) is 9.67. The van der Waals surface area contributed by atoms with Gasteiger partial charge < -0.3 is 4.57 Å². The summed E-state index contributed by atoms with van der Waals surface area (Å²) >= 11 is 0. The number of hydrogen-bond donors (Lipinski definition) is 0. The monoisotopic (exact) mass is 286 g/mol. The Labute approximate surface area is 125 Å². The molecule has 0 saturated heterocycles. The predicted octanol–water partition coefficient (Wildman–Crippen LogP) is 3.30. The molecule has 2 unspecified atom stereocenters. The molecule has 0 aromatic rings. The van der Waals surface area contributed by atoms with E-state index in [1.54, 1.807) is 5.70 Å². The number of aliphatic imine (C=N–C) groups is 1. The normalized spacial score (nSPS) is 29.9. The average Bonchev–Trinajstić information content (AvgIpc) is 2.55. The average molecular weight is 286 g/mol. The predicted molar refractivity (Wildman–Crippen MR) is 89.8 cm³/mol. The summed E-state index contributed by atoms with van der Waals surface area (Å²) in [4.78, 5) is 4.72. The fraction of sp³-hybridized carbons (Fsp3) is 0.588. The molecule has 108 valence electrons. The van der Waals surface area contributed by atoms with Crippen LogP contribution in [0.1, 0.15) is 51.4 Å². The van der Waals surface area contributed by atoms with Crippen molar-refractivity contribution in [1.29, 1.82) is 0 Å². The minimum absolute atomic E-state index is 0.364. The van der Waals surface area contributed by atoms with E-state index in [0.717, 1.165) is 12.5 Å². The van der Waals surface area contributed by atoms with Crippen LogP contribution in [0.3, 0.4) is 0 Å². The molecule has 2 atom stereocenters. The van der Waals surface area contributed by atoms with Crippen molar-refractivity contribution < 1.29 is 0 Å². The topological polar surface area (TPSA) is 15.6 Å². The summed E-state index contributed by atoms with van der Waals surface area (Å²) in [7, 11) is -0.364. The molecule has 0 fully saturated rings. The Morgan fingerprint density at radius 1 is 1.15 bits per heavy atom.